The lowest BCUT2D eigenvalue weighted by Gasteiger charge is -2.36. The lowest BCUT2D eigenvalue weighted by atomic mass is 9.98. The quantitative estimate of drug-likeness (QED) is 0.543. The highest BCUT2D eigenvalue weighted by atomic mass is 19.1. The van der Waals surface area contributed by atoms with Crippen LogP contribution in [0.1, 0.15) is 28.9 Å². The van der Waals surface area contributed by atoms with Crippen molar-refractivity contribution in [3.05, 3.63) is 63.3 Å². The van der Waals surface area contributed by atoms with E-state index in [1.54, 1.807) is 25.1 Å². The lowest BCUT2D eigenvalue weighted by Crippen LogP contribution is -2.37. The van der Waals surface area contributed by atoms with Gasteiger partial charge in [-0.25, -0.2) is 8.78 Å². The number of ether oxygens (including phenoxy) is 2. The predicted octanol–water partition coefficient (Wildman–Crippen LogP) is 3.57. The number of amides is 1. The second-order valence-corrected chi connectivity index (χ2v) is 9.14. The van der Waals surface area contributed by atoms with Crippen LogP contribution in [0.2, 0.25) is 0 Å². The molecule has 3 aromatic rings. The van der Waals surface area contributed by atoms with Crippen molar-refractivity contribution < 1.29 is 27.5 Å². The van der Waals surface area contributed by atoms with E-state index in [9.17, 15) is 18.4 Å². The number of anilines is 2. The third-order valence-electron chi connectivity index (χ3n) is 6.61. The van der Waals surface area contributed by atoms with Crippen molar-refractivity contribution in [1.29, 1.82) is 0 Å². The van der Waals surface area contributed by atoms with Crippen LogP contribution in [-0.2, 0) is 4.74 Å². The molecular formula is C26H27F2N3O5. The standard InChI is InChI=1S/C26H27F2N3O5/c1-15(31-6-9-35-25-20(28)12-17(27)13-21(25)31)18-10-16(26(33)29(2)3)11-19-22(32)14-23(36-24(18)19)30-4-7-34-8-5-30/h10-15H,4-9H2,1-3H3. The SMILES string of the molecule is CC(c1cc(C(=O)N(C)C)cc2c(=O)cc(N3CCOCC3)oc12)N1CCOc2c(F)cc(F)cc21. The Hall–Kier alpha value is -3.66. The molecule has 0 bridgehead atoms. The van der Waals surface area contributed by atoms with Gasteiger partial charge >= 0.3 is 0 Å². The van der Waals surface area contributed by atoms with Gasteiger partial charge in [0.2, 0.25) is 0 Å². The first kappa shape index (κ1) is 24.1. The summed E-state index contributed by atoms with van der Waals surface area (Å²) in [5.74, 6) is -1.41. The largest absolute Gasteiger partial charge is 0.486 e. The van der Waals surface area contributed by atoms with E-state index in [0.29, 0.717) is 55.4 Å². The molecule has 8 nitrogen and oxygen atoms in total. The molecule has 190 valence electrons. The van der Waals surface area contributed by atoms with E-state index in [4.69, 9.17) is 13.9 Å². The molecule has 1 fully saturated rings. The summed E-state index contributed by atoms with van der Waals surface area (Å²) in [6.07, 6.45) is 0. The van der Waals surface area contributed by atoms with E-state index in [0.717, 1.165) is 6.07 Å². The number of morpholine rings is 1. The number of rotatable bonds is 4. The molecule has 36 heavy (non-hydrogen) atoms. The van der Waals surface area contributed by atoms with Crippen LogP contribution < -0.4 is 20.0 Å². The summed E-state index contributed by atoms with van der Waals surface area (Å²) < 4.78 is 45.8. The molecule has 1 amide bonds. The molecular weight excluding hydrogens is 472 g/mol. The summed E-state index contributed by atoms with van der Waals surface area (Å²) in [6.45, 7) is 4.57. The van der Waals surface area contributed by atoms with Gasteiger partial charge in [-0.3, -0.25) is 9.59 Å². The van der Waals surface area contributed by atoms with Gasteiger partial charge in [-0.2, -0.15) is 0 Å². The highest BCUT2D eigenvalue weighted by Crippen LogP contribution is 2.41. The molecule has 3 heterocycles. The highest BCUT2D eigenvalue weighted by molar-refractivity contribution is 5.98. The highest BCUT2D eigenvalue weighted by Gasteiger charge is 2.30. The summed E-state index contributed by atoms with van der Waals surface area (Å²) >= 11 is 0. The number of benzene rings is 2. The van der Waals surface area contributed by atoms with Crippen LogP contribution >= 0.6 is 0 Å². The third-order valence-corrected chi connectivity index (χ3v) is 6.61. The Kier molecular flexibility index (Phi) is 6.29. The molecule has 10 heteroatoms. The molecule has 2 aliphatic rings. The Morgan fingerprint density at radius 1 is 1.03 bits per heavy atom. The van der Waals surface area contributed by atoms with Crippen LogP contribution in [0.5, 0.6) is 5.75 Å². The van der Waals surface area contributed by atoms with Crippen molar-refractivity contribution in [2.24, 2.45) is 0 Å². The smallest absolute Gasteiger partial charge is 0.253 e. The van der Waals surface area contributed by atoms with Crippen molar-refractivity contribution in [2.45, 2.75) is 13.0 Å². The van der Waals surface area contributed by atoms with E-state index in [1.165, 1.54) is 23.1 Å². The fourth-order valence-corrected chi connectivity index (χ4v) is 4.74. The van der Waals surface area contributed by atoms with Crippen LogP contribution in [0.25, 0.3) is 11.0 Å². The van der Waals surface area contributed by atoms with Gasteiger partial charge in [0.25, 0.3) is 5.91 Å². The normalized spacial score (nSPS) is 16.5. The maximum Gasteiger partial charge on any atom is 0.253 e. The Morgan fingerprint density at radius 3 is 2.50 bits per heavy atom. The summed E-state index contributed by atoms with van der Waals surface area (Å²) in [5.41, 5.74) is 1.19. The average Bonchev–Trinajstić information content (AvgIpc) is 2.87. The van der Waals surface area contributed by atoms with Crippen molar-refractivity contribution in [2.75, 3.05) is 63.4 Å². The molecule has 5 rings (SSSR count). The maximum atomic E-state index is 14.5. The molecule has 1 atom stereocenters. The molecule has 0 N–H and O–H groups in total. The van der Waals surface area contributed by atoms with Gasteiger partial charge in [0.1, 0.15) is 18.0 Å². The van der Waals surface area contributed by atoms with Gasteiger partial charge in [-0.15, -0.1) is 0 Å². The van der Waals surface area contributed by atoms with Crippen LogP contribution in [0, 0.1) is 11.6 Å². The number of nitrogens with zero attached hydrogens (tertiary/aromatic N) is 3. The molecule has 0 saturated carbocycles. The Balaban J connectivity index is 1.70. The fraction of sp³-hybridized carbons (Fsp3) is 0.385. The van der Waals surface area contributed by atoms with Gasteiger partial charge in [0, 0.05) is 56.5 Å². The van der Waals surface area contributed by atoms with Gasteiger partial charge in [-0.05, 0) is 19.1 Å². The predicted molar refractivity (Wildman–Crippen MR) is 131 cm³/mol. The monoisotopic (exact) mass is 499 g/mol. The maximum absolute atomic E-state index is 14.5. The Morgan fingerprint density at radius 2 is 1.78 bits per heavy atom. The van der Waals surface area contributed by atoms with Gasteiger partial charge in [0.05, 0.1) is 36.9 Å². The number of fused-ring (bicyclic) bond motifs is 2. The molecule has 1 saturated heterocycles. The van der Waals surface area contributed by atoms with Gasteiger partial charge < -0.3 is 28.6 Å². The van der Waals surface area contributed by atoms with E-state index < -0.39 is 17.7 Å². The zero-order valence-corrected chi connectivity index (χ0v) is 20.3. The molecule has 0 spiro atoms. The van der Waals surface area contributed by atoms with E-state index in [1.807, 2.05) is 11.8 Å². The zero-order valence-electron chi connectivity index (χ0n) is 20.3. The molecule has 2 aliphatic heterocycles. The Bertz CT molecular complexity index is 1380. The summed E-state index contributed by atoms with van der Waals surface area (Å²) in [7, 11) is 3.26. The van der Waals surface area contributed by atoms with Crippen molar-refractivity contribution in [3.8, 4) is 5.75 Å². The second-order valence-electron chi connectivity index (χ2n) is 9.14. The van der Waals surface area contributed by atoms with Crippen LogP contribution in [0.3, 0.4) is 0 Å². The first-order chi connectivity index (χ1) is 17.2. The van der Waals surface area contributed by atoms with Crippen LogP contribution in [0.4, 0.5) is 20.4 Å². The minimum absolute atomic E-state index is 0.0326. The number of halogens is 2. The molecule has 0 aliphatic carbocycles. The van der Waals surface area contributed by atoms with E-state index in [-0.39, 0.29) is 34.8 Å². The topological polar surface area (TPSA) is 75.5 Å². The van der Waals surface area contributed by atoms with Crippen molar-refractivity contribution in [3.63, 3.8) is 0 Å². The molecule has 1 aromatic heterocycles. The van der Waals surface area contributed by atoms with E-state index >= 15 is 0 Å². The molecule has 2 aromatic carbocycles. The Labute approximate surface area is 206 Å². The minimum atomic E-state index is -0.788. The summed E-state index contributed by atoms with van der Waals surface area (Å²) in [4.78, 5) is 31.3. The van der Waals surface area contributed by atoms with Crippen LogP contribution in [-0.4, -0.2) is 64.4 Å². The molecule has 1 unspecified atom stereocenters. The van der Waals surface area contributed by atoms with Crippen molar-refractivity contribution in [1.82, 2.24) is 4.90 Å². The number of hydrogen-bond donors (Lipinski definition) is 0. The first-order valence-electron chi connectivity index (χ1n) is 11.8. The number of hydrogen-bond acceptors (Lipinski definition) is 7. The first-order valence-corrected chi connectivity index (χ1v) is 11.8. The summed E-state index contributed by atoms with van der Waals surface area (Å²) in [6, 6.07) is 6.16. The summed E-state index contributed by atoms with van der Waals surface area (Å²) in [5, 5.41) is 0.264. The third kappa shape index (κ3) is 4.26. The second kappa shape index (κ2) is 9.42. The minimum Gasteiger partial charge on any atom is -0.486 e. The van der Waals surface area contributed by atoms with Crippen LogP contribution in [0.15, 0.2) is 39.5 Å². The lowest BCUT2D eigenvalue weighted by molar-refractivity contribution is 0.0827. The molecule has 0 radical (unpaired) electrons. The number of carbonyl (C=O) groups excluding carboxylic acids is 1. The zero-order chi connectivity index (χ0) is 25.6. The van der Waals surface area contributed by atoms with Gasteiger partial charge in [-0.1, -0.05) is 0 Å². The van der Waals surface area contributed by atoms with Gasteiger partial charge in [0.15, 0.2) is 22.9 Å². The van der Waals surface area contributed by atoms with Crippen molar-refractivity contribution >= 4 is 28.4 Å². The number of carbonyl (C=O) groups is 1. The fourth-order valence-electron chi connectivity index (χ4n) is 4.74. The van der Waals surface area contributed by atoms with E-state index in [2.05, 4.69) is 0 Å². The average molecular weight is 500 g/mol.